The second kappa shape index (κ2) is 5.19. The Bertz CT molecular complexity index is 697. The molecule has 0 aromatic carbocycles. The number of anilines is 1. The Balaban J connectivity index is 2.28. The number of aliphatic hydroxyl groups is 1. The van der Waals surface area contributed by atoms with Crippen molar-refractivity contribution in [1.29, 1.82) is 0 Å². The van der Waals surface area contributed by atoms with Crippen LogP contribution in [0.4, 0.5) is 5.95 Å². The van der Waals surface area contributed by atoms with Crippen molar-refractivity contribution in [2.45, 2.75) is 25.3 Å². The Morgan fingerprint density at radius 3 is 2.63 bits per heavy atom. The van der Waals surface area contributed by atoms with E-state index in [4.69, 9.17) is 5.11 Å². The number of aromatic nitrogens is 3. The van der Waals surface area contributed by atoms with Gasteiger partial charge >= 0.3 is 0 Å². The quantitative estimate of drug-likeness (QED) is 0.867. The zero-order valence-electron chi connectivity index (χ0n) is 10.3. The van der Waals surface area contributed by atoms with E-state index >= 15 is 0 Å². The van der Waals surface area contributed by atoms with Crippen molar-refractivity contribution < 1.29 is 13.5 Å². The molecule has 0 bridgehead atoms. The van der Waals surface area contributed by atoms with Crippen molar-refractivity contribution in [3.8, 4) is 0 Å². The number of sulfonamides is 1. The van der Waals surface area contributed by atoms with Gasteiger partial charge in [-0.1, -0.05) is 0 Å². The van der Waals surface area contributed by atoms with Crippen LogP contribution in [0.2, 0.25) is 0 Å². The van der Waals surface area contributed by atoms with Crippen LogP contribution in [0.5, 0.6) is 0 Å². The lowest BCUT2D eigenvalue weighted by molar-refractivity contribution is 0.285. The van der Waals surface area contributed by atoms with Crippen molar-refractivity contribution in [2.75, 3.05) is 4.72 Å². The molecule has 0 saturated heterocycles. The minimum absolute atomic E-state index is 0.0696. The van der Waals surface area contributed by atoms with Gasteiger partial charge in [-0.25, -0.2) is 18.1 Å². The first kappa shape index (κ1) is 13.8. The van der Waals surface area contributed by atoms with E-state index in [0.29, 0.717) is 16.3 Å². The number of aryl methyl sites for hydroxylation is 2. The molecule has 0 radical (unpaired) electrons. The third-order valence-corrected chi connectivity index (χ3v) is 4.79. The average Bonchev–Trinajstić information content (AvgIpc) is 2.83. The first-order valence-electron chi connectivity index (χ1n) is 5.31. The molecule has 0 atom stereocenters. The molecule has 2 aromatic rings. The lowest BCUT2D eigenvalue weighted by atomic mass is 10.4. The lowest BCUT2D eigenvalue weighted by Gasteiger charge is -2.05. The molecule has 0 amide bonds. The largest absolute Gasteiger partial charge is 0.391 e. The summed E-state index contributed by atoms with van der Waals surface area (Å²) in [7, 11) is -3.75. The van der Waals surface area contributed by atoms with E-state index in [1.54, 1.807) is 13.8 Å². The van der Waals surface area contributed by atoms with Crippen LogP contribution < -0.4 is 4.72 Å². The van der Waals surface area contributed by atoms with E-state index in [0.717, 1.165) is 0 Å². The number of hydrogen-bond donors (Lipinski definition) is 2. The second-order valence-corrected chi connectivity index (χ2v) is 6.50. The van der Waals surface area contributed by atoms with Crippen LogP contribution in [0.3, 0.4) is 0 Å². The molecular formula is C10H12N4O3S2. The predicted molar refractivity (Wildman–Crippen MR) is 70.4 cm³/mol. The molecule has 2 aromatic heterocycles. The van der Waals surface area contributed by atoms with E-state index in [1.165, 1.54) is 22.8 Å². The van der Waals surface area contributed by atoms with E-state index in [2.05, 4.69) is 19.9 Å². The summed E-state index contributed by atoms with van der Waals surface area (Å²) in [5, 5.41) is 17.9. The molecule has 0 aliphatic carbocycles. The first-order valence-corrected chi connectivity index (χ1v) is 7.67. The Kier molecular flexibility index (Phi) is 3.78. The van der Waals surface area contributed by atoms with Crippen LogP contribution in [0.15, 0.2) is 16.3 Å². The highest BCUT2D eigenvalue weighted by Crippen LogP contribution is 2.20. The summed E-state index contributed by atoms with van der Waals surface area (Å²) < 4.78 is 26.3. The minimum Gasteiger partial charge on any atom is -0.391 e. The molecule has 7 nitrogen and oxygen atoms in total. The van der Waals surface area contributed by atoms with Gasteiger partial charge in [-0.05, 0) is 19.9 Å². The van der Waals surface area contributed by atoms with Crippen molar-refractivity contribution in [3.63, 3.8) is 0 Å². The van der Waals surface area contributed by atoms with Gasteiger partial charge in [0.1, 0.15) is 0 Å². The van der Waals surface area contributed by atoms with E-state index in [9.17, 15) is 8.42 Å². The van der Waals surface area contributed by atoms with Gasteiger partial charge in [0.15, 0.2) is 0 Å². The van der Waals surface area contributed by atoms with Crippen LogP contribution in [-0.4, -0.2) is 28.7 Å². The summed E-state index contributed by atoms with van der Waals surface area (Å²) in [5.74, 6) is -0.0696. The highest BCUT2D eigenvalue weighted by atomic mass is 32.2. The number of rotatable bonds is 4. The van der Waals surface area contributed by atoms with Gasteiger partial charge in [0.05, 0.1) is 22.9 Å². The predicted octanol–water partition coefficient (Wildman–Crippen LogP) is 0.843. The Morgan fingerprint density at radius 2 is 2.05 bits per heavy atom. The van der Waals surface area contributed by atoms with Crippen molar-refractivity contribution >= 4 is 27.3 Å². The summed E-state index contributed by atoms with van der Waals surface area (Å²) in [6.07, 6.45) is 0. The van der Waals surface area contributed by atoms with Gasteiger partial charge in [0.25, 0.3) is 16.0 Å². The highest BCUT2D eigenvalue weighted by Gasteiger charge is 2.18. The number of nitrogens with zero attached hydrogens (tertiary/aromatic N) is 3. The Labute approximate surface area is 114 Å². The molecule has 0 spiro atoms. The minimum atomic E-state index is -3.75. The zero-order valence-corrected chi connectivity index (χ0v) is 11.9. The molecule has 19 heavy (non-hydrogen) atoms. The fourth-order valence-electron chi connectivity index (χ4n) is 1.26. The van der Waals surface area contributed by atoms with Gasteiger partial charge in [-0.2, -0.15) is 5.10 Å². The molecule has 0 unspecified atom stereocenters. The summed E-state index contributed by atoms with van der Waals surface area (Å²) in [5.41, 5.74) is 1.25. The molecule has 0 aliphatic heterocycles. The van der Waals surface area contributed by atoms with E-state index < -0.39 is 10.0 Å². The summed E-state index contributed by atoms with van der Waals surface area (Å²) in [6, 6.07) is 1.40. The van der Waals surface area contributed by atoms with Gasteiger partial charge in [-0.15, -0.1) is 16.4 Å². The Morgan fingerprint density at radius 1 is 1.32 bits per heavy atom. The monoisotopic (exact) mass is 300 g/mol. The van der Waals surface area contributed by atoms with Crippen LogP contribution in [-0.2, 0) is 16.6 Å². The fourth-order valence-corrected chi connectivity index (χ4v) is 3.34. The third-order valence-electron chi connectivity index (χ3n) is 2.41. The van der Waals surface area contributed by atoms with Crippen molar-refractivity contribution in [1.82, 2.24) is 15.2 Å². The molecule has 0 fully saturated rings. The number of hydrogen-bond acceptors (Lipinski definition) is 7. The second-order valence-electron chi connectivity index (χ2n) is 3.82. The zero-order chi connectivity index (χ0) is 14.0. The molecule has 2 rings (SSSR count). The van der Waals surface area contributed by atoms with Crippen LogP contribution in [0.1, 0.15) is 16.3 Å². The number of nitrogens with one attached hydrogen (secondary N) is 1. The standard InChI is InChI=1S/C10H12N4O3S2/c1-6-7(2)12-13-10(11-6)14-19(16,17)9-3-8(4-15)18-5-9/h3,5,15H,4H2,1-2H3,(H,11,13,14). The van der Waals surface area contributed by atoms with Gasteiger partial charge in [-0.3, -0.25) is 0 Å². The van der Waals surface area contributed by atoms with E-state index in [1.807, 2.05) is 0 Å². The first-order chi connectivity index (χ1) is 8.92. The van der Waals surface area contributed by atoms with Gasteiger partial charge in [0.2, 0.25) is 0 Å². The van der Waals surface area contributed by atoms with Crippen LogP contribution in [0, 0.1) is 13.8 Å². The maximum atomic E-state index is 12.0. The number of aliphatic hydroxyl groups excluding tert-OH is 1. The SMILES string of the molecule is Cc1nnc(NS(=O)(=O)c2csc(CO)c2)nc1C. The summed E-state index contributed by atoms with van der Waals surface area (Å²) in [4.78, 5) is 4.64. The van der Waals surface area contributed by atoms with E-state index in [-0.39, 0.29) is 17.5 Å². The Hall–Kier alpha value is -1.58. The maximum absolute atomic E-state index is 12.0. The normalized spacial score (nSPS) is 11.5. The third kappa shape index (κ3) is 3.06. The molecular weight excluding hydrogens is 288 g/mol. The molecule has 2 heterocycles. The van der Waals surface area contributed by atoms with Gasteiger partial charge < -0.3 is 5.11 Å². The maximum Gasteiger partial charge on any atom is 0.265 e. The molecule has 0 saturated carbocycles. The van der Waals surface area contributed by atoms with Crippen LogP contribution in [0.25, 0.3) is 0 Å². The molecule has 2 N–H and O–H groups in total. The van der Waals surface area contributed by atoms with Gasteiger partial charge in [0, 0.05) is 10.3 Å². The molecule has 102 valence electrons. The summed E-state index contributed by atoms with van der Waals surface area (Å²) in [6.45, 7) is 3.26. The average molecular weight is 300 g/mol. The lowest BCUT2D eigenvalue weighted by Crippen LogP contribution is -2.15. The fraction of sp³-hybridized carbons (Fsp3) is 0.300. The number of thiophene rings is 1. The van der Waals surface area contributed by atoms with Crippen molar-refractivity contribution in [3.05, 3.63) is 27.7 Å². The molecule has 0 aliphatic rings. The highest BCUT2D eigenvalue weighted by molar-refractivity contribution is 7.92. The topological polar surface area (TPSA) is 105 Å². The summed E-state index contributed by atoms with van der Waals surface area (Å²) >= 11 is 1.17. The van der Waals surface area contributed by atoms with Crippen molar-refractivity contribution in [2.24, 2.45) is 0 Å². The smallest absolute Gasteiger partial charge is 0.265 e. The molecule has 9 heteroatoms. The van der Waals surface area contributed by atoms with Crippen LogP contribution >= 0.6 is 11.3 Å².